The van der Waals surface area contributed by atoms with Crippen LogP contribution >= 0.6 is 0 Å². The average Bonchev–Trinajstić information content (AvgIpc) is 2.62. The van der Waals surface area contributed by atoms with Gasteiger partial charge in [0.2, 0.25) is 0 Å². The molecule has 2 aromatic rings. The number of aryl methyl sites for hydroxylation is 2. The van der Waals surface area contributed by atoms with Gasteiger partial charge in [-0.15, -0.1) is 0 Å². The van der Waals surface area contributed by atoms with Crippen LogP contribution < -0.4 is 15.4 Å². The minimum absolute atomic E-state index is 0.479. The minimum atomic E-state index is -1.62. The number of fused-ring (bicyclic) bond motifs is 1. The topological polar surface area (TPSA) is 67.4 Å². The van der Waals surface area contributed by atoms with E-state index in [4.69, 9.17) is 4.74 Å². The summed E-state index contributed by atoms with van der Waals surface area (Å²) in [6.07, 6.45) is 3.30. The first-order valence-electron chi connectivity index (χ1n) is 8.94. The lowest BCUT2D eigenvalue weighted by Gasteiger charge is -2.33. The maximum atomic E-state index is 12.7. The van der Waals surface area contributed by atoms with Crippen molar-refractivity contribution in [3.63, 3.8) is 0 Å². The lowest BCUT2D eigenvalue weighted by Crippen LogP contribution is -2.56. The Labute approximate surface area is 153 Å². The maximum absolute atomic E-state index is 12.7. The van der Waals surface area contributed by atoms with Crippen molar-refractivity contribution in [2.75, 3.05) is 10.6 Å². The van der Waals surface area contributed by atoms with Gasteiger partial charge in [-0.3, -0.25) is 9.59 Å². The average molecular weight is 352 g/mol. The number of anilines is 2. The lowest BCUT2D eigenvalue weighted by atomic mass is 10.0. The number of hydrogen-bond acceptors (Lipinski definition) is 3. The van der Waals surface area contributed by atoms with Crippen molar-refractivity contribution in [3.05, 3.63) is 53.6 Å². The predicted octanol–water partition coefficient (Wildman–Crippen LogP) is 4.07. The normalized spacial score (nSPS) is 18.5. The van der Waals surface area contributed by atoms with E-state index in [0.717, 1.165) is 24.8 Å². The molecule has 0 saturated heterocycles. The molecule has 1 aliphatic rings. The van der Waals surface area contributed by atoms with E-state index >= 15 is 0 Å². The number of benzene rings is 2. The number of amides is 2. The van der Waals surface area contributed by atoms with E-state index < -0.39 is 17.4 Å². The Morgan fingerprint density at radius 1 is 1.19 bits per heavy atom. The van der Waals surface area contributed by atoms with Gasteiger partial charge in [0.15, 0.2) is 0 Å². The predicted molar refractivity (Wildman–Crippen MR) is 103 cm³/mol. The highest BCUT2D eigenvalue weighted by Gasteiger charge is 2.47. The number of ether oxygens (including phenoxy) is 1. The zero-order valence-electron chi connectivity index (χ0n) is 15.4. The SMILES string of the molecule is CCCCc1ccc(NC(=O)C2(C)Oc3ccc(C)cc3NC2=O)cc1. The van der Waals surface area contributed by atoms with E-state index in [0.29, 0.717) is 17.1 Å². The fraction of sp³-hybridized carbons (Fsp3) is 0.333. The van der Waals surface area contributed by atoms with Crippen molar-refractivity contribution in [3.8, 4) is 5.75 Å². The lowest BCUT2D eigenvalue weighted by molar-refractivity contribution is -0.143. The summed E-state index contributed by atoms with van der Waals surface area (Å²) >= 11 is 0. The number of carbonyl (C=O) groups excluding carboxylic acids is 2. The molecule has 2 amide bonds. The highest BCUT2D eigenvalue weighted by atomic mass is 16.5. The maximum Gasteiger partial charge on any atom is 0.278 e. The summed E-state index contributed by atoms with van der Waals surface area (Å²) in [4.78, 5) is 25.2. The van der Waals surface area contributed by atoms with Gasteiger partial charge in [-0.2, -0.15) is 0 Å². The second-order valence-corrected chi connectivity index (χ2v) is 6.84. The van der Waals surface area contributed by atoms with Crippen LogP contribution in [0.4, 0.5) is 11.4 Å². The van der Waals surface area contributed by atoms with Crippen LogP contribution in [0.15, 0.2) is 42.5 Å². The van der Waals surface area contributed by atoms with Crippen LogP contribution in [0.5, 0.6) is 5.75 Å². The number of rotatable bonds is 5. The van der Waals surface area contributed by atoms with Gasteiger partial charge in [-0.1, -0.05) is 31.5 Å². The third-order valence-corrected chi connectivity index (χ3v) is 4.59. The van der Waals surface area contributed by atoms with Gasteiger partial charge in [0, 0.05) is 5.69 Å². The van der Waals surface area contributed by atoms with Crippen LogP contribution in [0.1, 0.15) is 37.8 Å². The summed E-state index contributed by atoms with van der Waals surface area (Å²) in [7, 11) is 0. The molecule has 0 spiro atoms. The van der Waals surface area contributed by atoms with Crippen LogP contribution in [-0.2, 0) is 16.0 Å². The standard InChI is InChI=1S/C21H24N2O3/c1-4-5-6-15-8-10-16(11-9-15)22-19(24)21(3)20(25)23-17-13-14(2)7-12-18(17)26-21/h7-13H,4-6H2,1-3H3,(H,22,24)(H,23,25). The molecule has 26 heavy (non-hydrogen) atoms. The van der Waals surface area contributed by atoms with Crippen molar-refractivity contribution >= 4 is 23.2 Å². The molecule has 0 aliphatic carbocycles. The van der Waals surface area contributed by atoms with Crippen molar-refractivity contribution in [2.24, 2.45) is 0 Å². The van der Waals surface area contributed by atoms with Gasteiger partial charge in [0.1, 0.15) is 5.75 Å². The van der Waals surface area contributed by atoms with Gasteiger partial charge < -0.3 is 15.4 Å². The summed E-state index contributed by atoms with van der Waals surface area (Å²) < 4.78 is 5.77. The molecule has 0 radical (unpaired) electrons. The van der Waals surface area contributed by atoms with E-state index in [9.17, 15) is 9.59 Å². The van der Waals surface area contributed by atoms with E-state index in [-0.39, 0.29) is 0 Å². The second-order valence-electron chi connectivity index (χ2n) is 6.84. The van der Waals surface area contributed by atoms with E-state index in [1.165, 1.54) is 12.5 Å². The number of carbonyl (C=O) groups is 2. The molecule has 0 bridgehead atoms. The highest BCUT2D eigenvalue weighted by molar-refractivity contribution is 6.19. The van der Waals surface area contributed by atoms with Gasteiger partial charge in [-0.05, 0) is 62.1 Å². The second kappa shape index (κ2) is 7.20. The number of hydrogen-bond donors (Lipinski definition) is 2. The van der Waals surface area contributed by atoms with Crippen LogP contribution in [0, 0.1) is 6.92 Å². The minimum Gasteiger partial charge on any atom is -0.466 e. The third-order valence-electron chi connectivity index (χ3n) is 4.59. The van der Waals surface area contributed by atoms with Crippen molar-refractivity contribution in [2.45, 2.75) is 45.6 Å². The van der Waals surface area contributed by atoms with Crippen LogP contribution in [0.3, 0.4) is 0 Å². The quantitative estimate of drug-likeness (QED) is 0.797. The van der Waals surface area contributed by atoms with E-state index in [2.05, 4.69) is 17.6 Å². The Balaban J connectivity index is 1.74. The smallest absolute Gasteiger partial charge is 0.278 e. The molecular weight excluding hydrogens is 328 g/mol. The molecule has 2 aromatic carbocycles. The number of unbranched alkanes of at least 4 members (excludes halogenated alkanes) is 1. The molecule has 5 nitrogen and oxygen atoms in total. The van der Waals surface area contributed by atoms with E-state index in [1.807, 2.05) is 43.3 Å². The summed E-state index contributed by atoms with van der Waals surface area (Å²) in [6.45, 7) is 5.57. The summed E-state index contributed by atoms with van der Waals surface area (Å²) in [5.41, 5.74) is 1.84. The van der Waals surface area contributed by atoms with Crippen molar-refractivity contribution < 1.29 is 14.3 Å². The molecular formula is C21H24N2O3. The van der Waals surface area contributed by atoms with Crippen LogP contribution in [0.25, 0.3) is 0 Å². The monoisotopic (exact) mass is 352 g/mol. The molecule has 1 heterocycles. The first-order valence-corrected chi connectivity index (χ1v) is 8.94. The van der Waals surface area contributed by atoms with Gasteiger partial charge >= 0.3 is 0 Å². The molecule has 5 heteroatoms. The Morgan fingerprint density at radius 2 is 1.92 bits per heavy atom. The molecule has 136 valence electrons. The van der Waals surface area contributed by atoms with Crippen LogP contribution in [-0.4, -0.2) is 17.4 Å². The zero-order valence-corrected chi connectivity index (χ0v) is 15.4. The number of nitrogens with one attached hydrogen (secondary N) is 2. The fourth-order valence-corrected chi connectivity index (χ4v) is 2.87. The summed E-state index contributed by atoms with van der Waals surface area (Å²) in [6, 6.07) is 13.1. The molecule has 3 rings (SSSR count). The Kier molecular flexibility index (Phi) is 4.98. The Morgan fingerprint density at radius 3 is 2.62 bits per heavy atom. The third kappa shape index (κ3) is 3.57. The summed E-state index contributed by atoms with van der Waals surface area (Å²) in [5.74, 6) is -0.488. The van der Waals surface area contributed by atoms with Crippen molar-refractivity contribution in [1.82, 2.24) is 0 Å². The highest BCUT2D eigenvalue weighted by Crippen LogP contribution is 2.34. The fourth-order valence-electron chi connectivity index (χ4n) is 2.87. The molecule has 0 saturated carbocycles. The first kappa shape index (κ1) is 18.0. The molecule has 0 aromatic heterocycles. The largest absolute Gasteiger partial charge is 0.466 e. The molecule has 0 fully saturated rings. The van der Waals surface area contributed by atoms with Gasteiger partial charge in [0.05, 0.1) is 5.69 Å². The summed E-state index contributed by atoms with van der Waals surface area (Å²) in [5, 5.41) is 5.55. The zero-order chi connectivity index (χ0) is 18.7. The molecule has 1 aliphatic heterocycles. The van der Waals surface area contributed by atoms with E-state index in [1.54, 1.807) is 6.07 Å². The Hall–Kier alpha value is -2.82. The van der Waals surface area contributed by atoms with Crippen molar-refractivity contribution in [1.29, 1.82) is 0 Å². The van der Waals surface area contributed by atoms with Gasteiger partial charge in [-0.25, -0.2) is 0 Å². The van der Waals surface area contributed by atoms with Gasteiger partial charge in [0.25, 0.3) is 17.4 Å². The molecule has 1 unspecified atom stereocenters. The molecule has 1 atom stereocenters. The first-order chi connectivity index (χ1) is 12.4. The molecule has 2 N–H and O–H groups in total. The van der Waals surface area contributed by atoms with Crippen LogP contribution in [0.2, 0.25) is 0 Å². The Bertz CT molecular complexity index is 830.